The fraction of sp³-hybridized carbons (Fsp3) is 0.0714. The molecule has 9 heteroatoms. The predicted molar refractivity (Wildman–Crippen MR) is 80.6 cm³/mol. The highest BCUT2D eigenvalue weighted by Gasteiger charge is 2.18. The van der Waals surface area contributed by atoms with Crippen LogP contribution in [-0.2, 0) is 10.0 Å². The second kappa shape index (κ2) is 6.51. The molecular weight excluding hydrogens is 352 g/mol. The quantitative estimate of drug-likeness (QED) is 0.849. The van der Waals surface area contributed by atoms with Crippen molar-refractivity contribution in [2.45, 2.75) is 11.3 Å². The zero-order chi connectivity index (χ0) is 17.2. The Morgan fingerprint density at radius 3 is 2.43 bits per heavy atom. The van der Waals surface area contributed by atoms with Gasteiger partial charge in [-0.15, -0.1) is 0 Å². The number of aromatic carboxylic acids is 1. The van der Waals surface area contributed by atoms with E-state index in [0.29, 0.717) is 0 Å². The van der Waals surface area contributed by atoms with Gasteiger partial charge in [0.25, 0.3) is 16.4 Å². The molecule has 2 rings (SSSR count). The number of rotatable bonds is 5. The molecular formula is C14H10ClF2NO4S. The number of sulfonamides is 1. The van der Waals surface area contributed by atoms with Crippen LogP contribution in [0.15, 0.2) is 47.4 Å². The van der Waals surface area contributed by atoms with Crippen LogP contribution in [0.25, 0.3) is 0 Å². The normalized spacial score (nSPS) is 11.5. The molecule has 5 nitrogen and oxygen atoms in total. The highest BCUT2D eigenvalue weighted by Crippen LogP contribution is 2.25. The third-order valence-electron chi connectivity index (χ3n) is 2.87. The number of hydrogen-bond donors (Lipinski definition) is 2. The number of carboxylic acids is 1. The van der Waals surface area contributed by atoms with E-state index in [9.17, 15) is 22.0 Å². The highest BCUT2D eigenvalue weighted by molar-refractivity contribution is 7.92. The van der Waals surface area contributed by atoms with E-state index in [1.807, 2.05) is 0 Å². The third kappa shape index (κ3) is 3.96. The average molecular weight is 362 g/mol. The molecule has 2 N–H and O–H groups in total. The van der Waals surface area contributed by atoms with E-state index in [2.05, 4.69) is 4.72 Å². The minimum atomic E-state index is -4.09. The number of nitrogens with one attached hydrogen (secondary N) is 1. The molecule has 0 bridgehead atoms. The summed E-state index contributed by atoms with van der Waals surface area (Å²) in [6, 6.07) is 7.88. The second-order valence-electron chi connectivity index (χ2n) is 4.48. The summed E-state index contributed by atoms with van der Waals surface area (Å²) in [7, 11) is -4.09. The fourth-order valence-electron chi connectivity index (χ4n) is 1.79. The first-order chi connectivity index (χ1) is 10.7. The molecule has 0 unspecified atom stereocenters. The number of benzene rings is 2. The molecule has 122 valence electrons. The van der Waals surface area contributed by atoms with Crippen LogP contribution in [0.4, 0.5) is 14.5 Å². The van der Waals surface area contributed by atoms with Crippen molar-refractivity contribution in [3.8, 4) is 0 Å². The smallest absolute Gasteiger partial charge is 0.337 e. The Morgan fingerprint density at radius 2 is 1.87 bits per heavy atom. The lowest BCUT2D eigenvalue weighted by molar-refractivity contribution is 0.0697. The predicted octanol–water partition coefficient (Wildman–Crippen LogP) is 3.78. The summed E-state index contributed by atoms with van der Waals surface area (Å²) in [5.41, 5.74) is -0.615. The molecule has 0 amide bonds. The summed E-state index contributed by atoms with van der Waals surface area (Å²) in [5.74, 6) is -1.29. The van der Waals surface area contributed by atoms with E-state index >= 15 is 0 Å². The van der Waals surface area contributed by atoms with Crippen LogP contribution in [0.2, 0.25) is 5.02 Å². The van der Waals surface area contributed by atoms with Gasteiger partial charge in [0.05, 0.1) is 15.5 Å². The van der Waals surface area contributed by atoms with E-state index in [0.717, 1.165) is 24.3 Å². The van der Waals surface area contributed by atoms with E-state index in [1.165, 1.54) is 18.2 Å². The van der Waals surface area contributed by atoms with Crippen LogP contribution in [0.5, 0.6) is 0 Å². The van der Waals surface area contributed by atoms with Crippen LogP contribution in [-0.4, -0.2) is 19.5 Å². The van der Waals surface area contributed by atoms with Crippen molar-refractivity contribution in [3.63, 3.8) is 0 Å². The van der Waals surface area contributed by atoms with Gasteiger partial charge in [0.2, 0.25) is 0 Å². The lowest BCUT2D eigenvalue weighted by atomic mass is 10.2. The van der Waals surface area contributed by atoms with Crippen LogP contribution < -0.4 is 4.72 Å². The molecule has 0 aliphatic carbocycles. The van der Waals surface area contributed by atoms with Gasteiger partial charge in [-0.05, 0) is 30.3 Å². The van der Waals surface area contributed by atoms with E-state index in [4.69, 9.17) is 16.7 Å². The summed E-state index contributed by atoms with van der Waals surface area (Å²) in [4.78, 5) is 10.6. The molecule has 2 aromatic carbocycles. The molecule has 0 aromatic heterocycles. The van der Waals surface area contributed by atoms with Crippen LogP contribution in [0.3, 0.4) is 0 Å². The average Bonchev–Trinajstić information content (AvgIpc) is 2.46. The summed E-state index contributed by atoms with van der Waals surface area (Å²) < 4.78 is 51.8. The minimum Gasteiger partial charge on any atom is -0.478 e. The molecule has 0 aliphatic rings. The Kier molecular flexibility index (Phi) is 4.86. The summed E-state index contributed by atoms with van der Waals surface area (Å²) >= 11 is 5.73. The molecule has 2 aromatic rings. The molecule has 0 spiro atoms. The van der Waals surface area contributed by atoms with Gasteiger partial charge in [0.15, 0.2) is 0 Å². The maximum atomic E-state index is 12.6. The van der Waals surface area contributed by atoms with Crippen molar-refractivity contribution >= 4 is 33.3 Å². The molecule has 0 aliphatic heterocycles. The lowest BCUT2D eigenvalue weighted by Crippen LogP contribution is -2.13. The lowest BCUT2D eigenvalue weighted by Gasteiger charge is -2.10. The topological polar surface area (TPSA) is 83.5 Å². The van der Waals surface area contributed by atoms with Gasteiger partial charge < -0.3 is 5.11 Å². The number of carboxylic acid groups (broad SMARTS) is 1. The number of alkyl halides is 2. The van der Waals surface area contributed by atoms with Crippen molar-refractivity contribution in [2.24, 2.45) is 0 Å². The van der Waals surface area contributed by atoms with Crippen molar-refractivity contribution in [1.29, 1.82) is 0 Å². The van der Waals surface area contributed by atoms with Crippen molar-refractivity contribution in [2.75, 3.05) is 4.72 Å². The van der Waals surface area contributed by atoms with Crippen LogP contribution in [0.1, 0.15) is 22.3 Å². The summed E-state index contributed by atoms with van der Waals surface area (Å²) in [6.07, 6.45) is -2.73. The van der Waals surface area contributed by atoms with Crippen molar-refractivity contribution < 1.29 is 27.1 Å². The van der Waals surface area contributed by atoms with Gasteiger partial charge in [0, 0.05) is 11.3 Å². The standard InChI is InChI=1S/C14H10ClF2NO4S/c15-12-7-10(4-5-11(12)14(19)20)23(21,22)18-9-3-1-2-8(6-9)13(16)17/h1-7,13,18H,(H,19,20). The Balaban J connectivity index is 2.34. The van der Waals surface area contributed by atoms with Crippen molar-refractivity contribution in [1.82, 2.24) is 0 Å². The number of hydrogen-bond acceptors (Lipinski definition) is 3. The number of carbonyl (C=O) groups is 1. The molecule has 0 radical (unpaired) electrons. The highest BCUT2D eigenvalue weighted by atomic mass is 35.5. The molecule has 0 saturated heterocycles. The molecule has 0 fully saturated rings. The van der Waals surface area contributed by atoms with Crippen molar-refractivity contribution in [3.05, 3.63) is 58.6 Å². The van der Waals surface area contributed by atoms with E-state index in [-0.39, 0.29) is 26.7 Å². The Hall–Kier alpha value is -2.19. The minimum absolute atomic E-state index is 0.0405. The van der Waals surface area contributed by atoms with Crippen LogP contribution in [0, 0.1) is 0 Å². The van der Waals surface area contributed by atoms with Gasteiger partial charge in [-0.2, -0.15) is 0 Å². The van der Waals surface area contributed by atoms with E-state index in [1.54, 1.807) is 0 Å². The van der Waals surface area contributed by atoms with Gasteiger partial charge in [-0.3, -0.25) is 4.72 Å². The zero-order valence-electron chi connectivity index (χ0n) is 11.3. The Bertz CT molecular complexity index is 856. The Labute approximate surface area is 135 Å². The first kappa shape index (κ1) is 17.2. The molecule has 0 atom stereocenters. The van der Waals surface area contributed by atoms with Gasteiger partial charge >= 0.3 is 5.97 Å². The van der Waals surface area contributed by atoms with Crippen LogP contribution >= 0.6 is 11.6 Å². The first-order valence-corrected chi connectivity index (χ1v) is 8.00. The van der Waals surface area contributed by atoms with E-state index < -0.39 is 22.4 Å². The number of anilines is 1. The third-order valence-corrected chi connectivity index (χ3v) is 4.56. The largest absolute Gasteiger partial charge is 0.478 e. The number of halogens is 3. The van der Waals surface area contributed by atoms with Gasteiger partial charge in [-0.25, -0.2) is 22.0 Å². The molecule has 0 heterocycles. The van der Waals surface area contributed by atoms with Gasteiger partial charge in [0.1, 0.15) is 0 Å². The Morgan fingerprint density at radius 1 is 1.17 bits per heavy atom. The molecule has 23 heavy (non-hydrogen) atoms. The zero-order valence-corrected chi connectivity index (χ0v) is 12.9. The fourth-order valence-corrected chi connectivity index (χ4v) is 3.19. The van der Waals surface area contributed by atoms with Gasteiger partial charge in [-0.1, -0.05) is 23.7 Å². The maximum absolute atomic E-state index is 12.6. The second-order valence-corrected chi connectivity index (χ2v) is 6.57. The SMILES string of the molecule is O=C(O)c1ccc(S(=O)(=O)Nc2cccc(C(F)F)c2)cc1Cl. The first-order valence-electron chi connectivity index (χ1n) is 6.14. The monoisotopic (exact) mass is 361 g/mol. The summed E-state index contributed by atoms with van der Waals surface area (Å²) in [5, 5.41) is 8.61. The maximum Gasteiger partial charge on any atom is 0.337 e. The summed E-state index contributed by atoms with van der Waals surface area (Å²) in [6.45, 7) is 0. The molecule has 0 saturated carbocycles.